The van der Waals surface area contributed by atoms with E-state index in [2.05, 4.69) is 5.32 Å². The number of ether oxygens (including phenoxy) is 1. The second-order valence-electron chi connectivity index (χ2n) is 5.44. The van der Waals surface area contributed by atoms with Crippen LogP contribution in [0.25, 0.3) is 0 Å². The first-order chi connectivity index (χ1) is 8.16. The van der Waals surface area contributed by atoms with E-state index in [1.54, 1.807) is 0 Å². The molecule has 1 aliphatic carbocycles. The van der Waals surface area contributed by atoms with Crippen molar-refractivity contribution in [1.29, 1.82) is 0 Å². The molecule has 4 heteroatoms. The van der Waals surface area contributed by atoms with Gasteiger partial charge >= 0.3 is 5.97 Å². The minimum atomic E-state index is -0.641. The maximum Gasteiger partial charge on any atom is 0.306 e. The molecule has 2 fully saturated rings. The van der Waals surface area contributed by atoms with E-state index in [1.165, 1.54) is 0 Å². The van der Waals surface area contributed by atoms with E-state index in [0.29, 0.717) is 6.10 Å². The summed E-state index contributed by atoms with van der Waals surface area (Å²) in [5, 5.41) is 12.4. The molecule has 98 valence electrons. The van der Waals surface area contributed by atoms with Crippen molar-refractivity contribution in [3.05, 3.63) is 0 Å². The summed E-state index contributed by atoms with van der Waals surface area (Å²) >= 11 is 0. The Labute approximate surface area is 103 Å². The van der Waals surface area contributed by atoms with Crippen LogP contribution in [-0.4, -0.2) is 36.4 Å². The molecule has 0 aromatic heterocycles. The lowest BCUT2D eigenvalue weighted by molar-refractivity contribution is -0.147. The minimum Gasteiger partial charge on any atom is -0.481 e. The van der Waals surface area contributed by atoms with Crippen LogP contribution in [0, 0.1) is 11.8 Å². The van der Waals surface area contributed by atoms with Crippen LogP contribution in [0.3, 0.4) is 0 Å². The molecular weight excluding hydrogens is 218 g/mol. The number of hydrogen-bond donors (Lipinski definition) is 2. The molecular formula is C13H23NO3. The first-order valence-electron chi connectivity index (χ1n) is 6.76. The summed E-state index contributed by atoms with van der Waals surface area (Å²) in [4.78, 5) is 11.0. The van der Waals surface area contributed by atoms with E-state index >= 15 is 0 Å². The highest BCUT2D eigenvalue weighted by atomic mass is 16.5. The van der Waals surface area contributed by atoms with Gasteiger partial charge < -0.3 is 15.2 Å². The van der Waals surface area contributed by atoms with Gasteiger partial charge in [-0.3, -0.25) is 4.79 Å². The van der Waals surface area contributed by atoms with Gasteiger partial charge in [-0.25, -0.2) is 0 Å². The minimum absolute atomic E-state index is 0.164. The molecule has 3 unspecified atom stereocenters. The standard InChI is InChI=1S/C13H23NO3/c1-9-8-11(2-3-12(9)13(15)16)17-10-4-6-14-7-5-10/h9-12,14H,2-8H2,1H3,(H,15,16). The van der Waals surface area contributed by atoms with Crippen molar-refractivity contribution in [1.82, 2.24) is 5.32 Å². The average molecular weight is 241 g/mol. The monoisotopic (exact) mass is 241 g/mol. The number of carboxylic acid groups (broad SMARTS) is 1. The number of carboxylic acids is 1. The Morgan fingerprint density at radius 3 is 2.47 bits per heavy atom. The molecule has 1 heterocycles. The molecule has 1 aliphatic heterocycles. The van der Waals surface area contributed by atoms with Gasteiger partial charge in [-0.05, 0) is 51.1 Å². The van der Waals surface area contributed by atoms with Gasteiger partial charge in [0.25, 0.3) is 0 Å². The Hall–Kier alpha value is -0.610. The van der Waals surface area contributed by atoms with Gasteiger partial charge in [0.1, 0.15) is 0 Å². The summed E-state index contributed by atoms with van der Waals surface area (Å²) in [5.74, 6) is -0.561. The van der Waals surface area contributed by atoms with Gasteiger partial charge in [0.05, 0.1) is 18.1 Å². The first-order valence-corrected chi connectivity index (χ1v) is 6.76. The lowest BCUT2D eigenvalue weighted by atomic mass is 9.79. The summed E-state index contributed by atoms with van der Waals surface area (Å²) in [5.41, 5.74) is 0. The Morgan fingerprint density at radius 1 is 1.18 bits per heavy atom. The van der Waals surface area contributed by atoms with E-state index in [9.17, 15) is 4.79 Å². The predicted octanol–water partition coefficient (Wildman–Crippen LogP) is 1.64. The van der Waals surface area contributed by atoms with Crippen LogP contribution in [0.15, 0.2) is 0 Å². The number of hydrogen-bond acceptors (Lipinski definition) is 3. The number of aliphatic carboxylic acids is 1. The van der Waals surface area contributed by atoms with E-state index in [0.717, 1.165) is 45.2 Å². The van der Waals surface area contributed by atoms with Crippen molar-refractivity contribution in [2.75, 3.05) is 13.1 Å². The zero-order valence-corrected chi connectivity index (χ0v) is 10.5. The van der Waals surface area contributed by atoms with Gasteiger partial charge in [0, 0.05) is 0 Å². The Balaban J connectivity index is 1.78. The summed E-state index contributed by atoms with van der Waals surface area (Å²) < 4.78 is 6.10. The highest BCUT2D eigenvalue weighted by Gasteiger charge is 2.33. The fourth-order valence-electron chi connectivity index (χ4n) is 3.04. The number of piperidine rings is 1. The van der Waals surface area contributed by atoms with Crippen molar-refractivity contribution >= 4 is 5.97 Å². The fraction of sp³-hybridized carbons (Fsp3) is 0.923. The molecule has 1 saturated heterocycles. The molecule has 17 heavy (non-hydrogen) atoms. The van der Waals surface area contributed by atoms with Gasteiger partial charge in [-0.1, -0.05) is 6.92 Å². The molecule has 4 nitrogen and oxygen atoms in total. The lowest BCUT2D eigenvalue weighted by Gasteiger charge is -2.35. The maximum atomic E-state index is 11.0. The van der Waals surface area contributed by atoms with Crippen LogP contribution >= 0.6 is 0 Å². The quantitative estimate of drug-likeness (QED) is 0.788. The summed E-state index contributed by atoms with van der Waals surface area (Å²) in [6.07, 6.45) is 5.43. The normalized spacial score (nSPS) is 35.7. The molecule has 2 rings (SSSR count). The molecule has 2 aliphatic rings. The molecule has 0 spiro atoms. The Bertz CT molecular complexity index is 263. The van der Waals surface area contributed by atoms with Crippen molar-refractivity contribution in [3.8, 4) is 0 Å². The second kappa shape index (κ2) is 5.83. The third-order valence-electron chi connectivity index (χ3n) is 4.11. The Kier molecular flexibility index (Phi) is 4.40. The van der Waals surface area contributed by atoms with E-state index in [4.69, 9.17) is 9.84 Å². The van der Waals surface area contributed by atoms with Crippen molar-refractivity contribution in [2.24, 2.45) is 11.8 Å². The van der Waals surface area contributed by atoms with Gasteiger partial charge in [0.2, 0.25) is 0 Å². The van der Waals surface area contributed by atoms with E-state index in [1.807, 2.05) is 6.92 Å². The van der Waals surface area contributed by atoms with Crippen LogP contribution in [-0.2, 0) is 9.53 Å². The van der Waals surface area contributed by atoms with Crippen molar-refractivity contribution < 1.29 is 14.6 Å². The SMILES string of the molecule is CC1CC(OC2CCNCC2)CCC1C(=O)O. The third-order valence-corrected chi connectivity index (χ3v) is 4.11. The van der Waals surface area contributed by atoms with E-state index in [-0.39, 0.29) is 17.9 Å². The maximum absolute atomic E-state index is 11.0. The zero-order valence-electron chi connectivity index (χ0n) is 10.5. The number of rotatable bonds is 3. The summed E-state index contributed by atoms with van der Waals surface area (Å²) in [6.45, 7) is 4.13. The highest BCUT2D eigenvalue weighted by Crippen LogP contribution is 2.32. The predicted molar refractivity (Wildman–Crippen MR) is 64.9 cm³/mol. The third kappa shape index (κ3) is 3.42. The smallest absolute Gasteiger partial charge is 0.306 e. The molecule has 2 N–H and O–H groups in total. The van der Waals surface area contributed by atoms with Gasteiger partial charge in [0.15, 0.2) is 0 Å². The molecule has 0 amide bonds. The van der Waals surface area contributed by atoms with Crippen LogP contribution < -0.4 is 5.32 Å². The molecule has 0 aromatic rings. The Morgan fingerprint density at radius 2 is 1.88 bits per heavy atom. The van der Waals surface area contributed by atoms with Crippen LogP contribution in [0.1, 0.15) is 39.0 Å². The highest BCUT2D eigenvalue weighted by molar-refractivity contribution is 5.70. The number of carbonyl (C=O) groups is 1. The molecule has 0 bridgehead atoms. The van der Waals surface area contributed by atoms with E-state index < -0.39 is 5.97 Å². The van der Waals surface area contributed by atoms with Crippen molar-refractivity contribution in [3.63, 3.8) is 0 Å². The number of nitrogens with one attached hydrogen (secondary N) is 1. The first kappa shape index (κ1) is 12.8. The van der Waals surface area contributed by atoms with Gasteiger partial charge in [-0.15, -0.1) is 0 Å². The van der Waals surface area contributed by atoms with Gasteiger partial charge in [-0.2, -0.15) is 0 Å². The second-order valence-corrected chi connectivity index (χ2v) is 5.44. The summed E-state index contributed by atoms with van der Waals surface area (Å²) in [6, 6.07) is 0. The van der Waals surface area contributed by atoms with Crippen LogP contribution in [0.5, 0.6) is 0 Å². The topological polar surface area (TPSA) is 58.6 Å². The van der Waals surface area contributed by atoms with Crippen LogP contribution in [0.2, 0.25) is 0 Å². The zero-order chi connectivity index (χ0) is 12.3. The van der Waals surface area contributed by atoms with Crippen molar-refractivity contribution in [2.45, 2.75) is 51.2 Å². The molecule has 0 radical (unpaired) electrons. The lowest BCUT2D eigenvalue weighted by Crippen LogP contribution is -2.38. The largest absolute Gasteiger partial charge is 0.481 e. The molecule has 3 atom stereocenters. The fourth-order valence-corrected chi connectivity index (χ4v) is 3.04. The average Bonchev–Trinajstić information content (AvgIpc) is 2.30. The summed E-state index contributed by atoms with van der Waals surface area (Å²) in [7, 11) is 0. The molecule has 1 saturated carbocycles. The molecule has 0 aromatic carbocycles. The van der Waals surface area contributed by atoms with Crippen LogP contribution in [0.4, 0.5) is 0 Å².